The van der Waals surface area contributed by atoms with Crippen molar-refractivity contribution in [3.8, 4) is 17.2 Å². The molecule has 1 fully saturated rings. The maximum atomic E-state index is 13.4. The van der Waals surface area contributed by atoms with E-state index in [1.807, 2.05) is 30.4 Å². The van der Waals surface area contributed by atoms with Gasteiger partial charge in [0.2, 0.25) is 11.8 Å². The molecule has 1 aromatic carbocycles. The van der Waals surface area contributed by atoms with Crippen LogP contribution in [0.2, 0.25) is 0 Å². The van der Waals surface area contributed by atoms with E-state index in [-0.39, 0.29) is 29.7 Å². The van der Waals surface area contributed by atoms with Crippen LogP contribution in [0.15, 0.2) is 71.9 Å². The van der Waals surface area contributed by atoms with Crippen LogP contribution in [0.4, 0.5) is 4.39 Å². The molecule has 2 atom stereocenters. The summed E-state index contributed by atoms with van der Waals surface area (Å²) in [6.45, 7) is 5.87. The van der Waals surface area contributed by atoms with Gasteiger partial charge in [-0.25, -0.2) is 4.39 Å². The van der Waals surface area contributed by atoms with Gasteiger partial charge in [0.1, 0.15) is 22.8 Å². The highest BCUT2D eigenvalue weighted by Crippen LogP contribution is 2.47. The van der Waals surface area contributed by atoms with E-state index in [4.69, 9.17) is 14.2 Å². The van der Waals surface area contributed by atoms with Gasteiger partial charge in [-0.05, 0) is 81.9 Å². The maximum absolute atomic E-state index is 13.4. The first kappa shape index (κ1) is 33.2. The molecule has 0 aliphatic heterocycles. The number of allylic oxidation sites excluding steroid dienone is 5. The first-order valence-corrected chi connectivity index (χ1v) is 16.1. The number of amides is 2. The topological polar surface area (TPSA) is 119 Å². The average molecular weight is 634 g/mol. The lowest BCUT2D eigenvalue weighted by atomic mass is 9.92. The second-order valence-electron chi connectivity index (χ2n) is 12.9. The van der Waals surface area contributed by atoms with Gasteiger partial charge in [0, 0.05) is 30.5 Å². The number of hydrogen-bond donors (Lipinski definition) is 3. The van der Waals surface area contributed by atoms with Gasteiger partial charge in [-0.1, -0.05) is 25.5 Å². The molecule has 0 radical (unpaired) electrons. The molecule has 2 aromatic rings. The molecule has 246 valence electrons. The molecule has 3 aliphatic carbocycles. The SMILES string of the molecule is CCCC(NC(=O)C1(C(=O)NC2C=CC(F)=CC2)CC1)C1=CC=C(Oc2ccnc3cc(OCCC(C)(C)O)c(OC)cc23)CC1. The molecular weight excluding hydrogens is 589 g/mol. The molecule has 2 unspecified atom stereocenters. The van der Waals surface area contributed by atoms with Gasteiger partial charge in [-0.2, -0.15) is 0 Å². The van der Waals surface area contributed by atoms with Crippen molar-refractivity contribution in [3.05, 3.63) is 71.9 Å². The highest BCUT2D eigenvalue weighted by molar-refractivity contribution is 6.08. The van der Waals surface area contributed by atoms with Crippen LogP contribution >= 0.6 is 0 Å². The lowest BCUT2D eigenvalue weighted by Gasteiger charge is -2.27. The number of aliphatic hydroxyl groups is 1. The van der Waals surface area contributed by atoms with Crippen molar-refractivity contribution in [2.24, 2.45) is 5.41 Å². The number of aromatic nitrogens is 1. The normalized spacial score (nSPS) is 19.3. The van der Waals surface area contributed by atoms with Crippen LogP contribution in [0.5, 0.6) is 17.2 Å². The Balaban J connectivity index is 1.25. The summed E-state index contributed by atoms with van der Waals surface area (Å²) in [7, 11) is 1.58. The zero-order valence-electron chi connectivity index (χ0n) is 27.0. The van der Waals surface area contributed by atoms with Crippen LogP contribution in [-0.4, -0.2) is 53.3 Å². The summed E-state index contributed by atoms with van der Waals surface area (Å²) in [4.78, 5) is 31.0. The standard InChI is InChI=1S/C36H44FN3O6/c1-5-6-28(40-34(42)36(16-17-36)33(41)39-25-11-9-24(37)10-12-25)23-7-13-26(14-8-23)46-30-15-19-38-29-22-32(31(44-4)21-27(29)30)45-20-18-35(2,3)43/h7,9-11,13,15,19,21-22,25,28,43H,5-6,8,12,14,16-18,20H2,1-4H3,(H,39,41)(H,40,42). The van der Waals surface area contributed by atoms with Gasteiger partial charge < -0.3 is 30.0 Å². The van der Waals surface area contributed by atoms with E-state index in [0.29, 0.717) is 67.9 Å². The average Bonchev–Trinajstić information content (AvgIpc) is 3.84. The van der Waals surface area contributed by atoms with Crippen LogP contribution in [0.3, 0.4) is 0 Å². The van der Waals surface area contributed by atoms with Gasteiger partial charge in [0.05, 0.1) is 36.9 Å². The first-order chi connectivity index (χ1) is 22.0. The van der Waals surface area contributed by atoms with Gasteiger partial charge in [-0.15, -0.1) is 0 Å². The van der Waals surface area contributed by atoms with Crippen LogP contribution < -0.4 is 24.8 Å². The lowest BCUT2D eigenvalue weighted by Crippen LogP contribution is -2.49. The quantitative estimate of drug-likeness (QED) is 0.214. The van der Waals surface area contributed by atoms with Crippen molar-refractivity contribution in [1.29, 1.82) is 0 Å². The number of rotatable bonds is 14. The molecule has 0 spiro atoms. The summed E-state index contributed by atoms with van der Waals surface area (Å²) in [5.74, 6) is 1.64. The molecule has 3 aliphatic rings. The summed E-state index contributed by atoms with van der Waals surface area (Å²) in [5.41, 5.74) is -0.125. The Labute approximate surface area is 269 Å². The smallest absolute Gasteiger partial charge is 0.236 e. The zero-order valence-corrected chi connectivity index (χ0v) is 27.0. The summed E-state index contributed by atoms with van der Waals surface area (Å²) in [6, 6.07) is 4.97. The van der Waals surface area contributed by atoms with E-state index in [9.17, 15) is 19.1 Å². The molecule has 1 heterocycles. The molecule has 1 saturated carbocycles. The van der Waals surface area contributed by atoms with Gasteiger partial charge >= 0.3 is 0 Å². The minimum atomic E-state index is -1.07. The zero-order chi connectivity index (χ0) is 32.9. The van der Waals surface area contributed by atoms with Crippen LogP contribution in [0, 0.1) is 5.41 Å². The summed E-state index contributed by atoms with van der Waals surface area (Å²) >= 11 is 0. The van der Waals surface area contributed by atoms with Gasteiger partial charge in [0.25, 0.3) is 0 Å². The number of fused-ring (bicyclic) bond motifs is 1. The fourth-order valence-electron chi connectivity index (χ4n) is 5.68. The second-order valence-corrected chi connectivity index (χ2v) is 12.9. The Morgan fingerprint density at radius 1 is 1.15 bits per heavy atom. The second kappa shape index (κ2) is 14.1. The monoisotopic (exact) mass is 633 g/mol. The number of ether oxygens (including phenoxy) is 3. The molecule has 3 N–H and O–H groups in total. The predicted octanol–water partition coefficient (Wildman–Crippen LogP) is 6.13. The number of hydrogen-bond acceptors (Lipinski definition) is 7. The molecule has 1 aromatic heterocycles. The van der Waals surface area contributed by atoms with E-state index in [1.54, 1.807) is 33.2 Å². The van der Waals surface area contributed by atoms with Crippen molar-refractivity contribution in [2.45, 2.75) is 89.8 Å². The Bertz CT molecular complexity index is 1580. The highest BCUT2D eigenvalue weighted by Gasteiger charge is 2.57. The van der Waals surface area contributed by atoms with Crippen molar-refractivity contribution >= 4 is 22.7 Å². The number of benzene rings is 1. The molecule has 46 heavy (non-hydrogen) atoms. The molecule has 9 nitrogen and oxygen atoms in total. The lowest BCUT2D eigenvalue weighted by molar-refractivity contribution is -0.137. The molecule has 10 heteroatoms. The minimum Gasteiger partial charge on any atom is -0.493 e. The highest BCUT2D eigenvalue weighted by atomic mass is 19.1. The number of carbonyl (C=O) groups is 2. The first-order valence-electron chi connectivity index (χ1n) is 16.1. The third-order valence-electron chi connectivity index (χ3n) is 8.66. The van der Waals surface area contributed by atoms with E-state index in [1.165, 1.54) is 12.2 Å². The minimum absolute atomic E-state index is 0.187. The van der Waals surface area contributed by atoms with E-state index >= 15 is 0 Å². The van der Waals surface area contributed by atoms with E-state index in [0.717, 1.165) is 29.6 Å². The predicted molar refractivity (Wildman–Crippen MR) is 174 cm³/mol. The third kappa shape index (κ3) is 7.96. The van der Waals surface area contributed by atoms with E-state index < -0.39 is 11.0 Å². The maximum Gasteiger partial charge on any atom is 0.236 e. The van der Waals surface area contributed by atoms with Crippen molar-refractivity contribution in [1.82, 2.24) is 15.6 Å². The molecule has 0 bridgehead atoms. The number of methoxy groups -OCH3 is 1. The number of halogens is 1. The fraction of sp³-hybridized carbons (Fsp3) is 0.472. The summed E-state index contributed by atoms with van der Waals surface area (Å²) in [6.07, 6.45) is 14.8. The van der Waals surface area contributed by atoms with Crippen LogP contribution in [-0.2, 0) is 9.59 Å². The molecule has 5 rings (SSSR count). The molecule has 2 amide bonds. The van der Waals surface area contributed by atoms with Crippen molar-refractivity contribution in [2.75, 3.05) is 13.7 Å². The summed E-state index contributed by atoms with van der Waals surface area (Å²) in [5, 5.41) is 16.9. The number of nitrogens with zero attached hydrogens (tertiary/aromatic N) is 1. The van der Waals surface area contributed by atoms with E-state index in [2.05, 4.69) is 22.5 Å². The number of carbonyl (C=O) groups excluding carboxylic acids is 2. The van der Waals surface area contributed by atoms with Crippen LogP contribution in [0.1, 0.15) is 72.1 Å². The fourth-order valence-corrected chi connectivity index (χ4v) is 5.68. The summed E-state index contributed by atoms with van der Waals surface area (Å²) < 4.78 is 31.2. The van der Waals surface area contributed by atoms with Crippen molar-refractivity contribution < 1.29 is 33.3 Å². The van der Waals surface area contributed by atoms with Crippen LogP contribution in [0.25, 0.3) is 10.9 Å². The Morgan fingerprint density at radius 3 is 2.59 bits per heavy atom. The Morgan fingerprint density at radius 2 is 1.96 bits per heavy atom. The largest absolute Gasteiger partial charge is 0.493 e. The van der Waals surface area contributed by atoms with Gasteiger partial charge in [0.15, 0.2) is 11.5 Å². The number of nitrogens with one attached hydrogen (secondary N) is 2. The Kier molecular flexibility index (Phi) is 10.2. The van der Waals surface area contributed by atoms with Gasteiger partial charge in [-0.3, -0.25) is 14.6 Å². The third-order valence-corrected chi connectivity index (χ3v) is 8.66. The van der Waals surface area contributed by atoms with Crippen molar-refractivity contribution in [3.63, 3.8) is 0 Å². The number of pyridine rings is 1. The molecule has 0 saturated heterocycles. The molecular formula is C36H44FN3O6. The Hall–Kier alpha value is -4.18.